The summed E-state index contributed by atoms with van der Waals surface area (Å²) in [6.45, 7) is 0.00379. The first-order valence-corrected chi connectivity index (χ1v) is 8.75. The van der Waals surface area contributed by atoms with E-state index in [0.29, 0.717) is 5.75 Å². The zero-order valence-corrected chi connectivity index (χ0v) is 15.3. The molecule has 1 heterocycles. The second-order valence-corrected chi connectivity index (χ2v) is 7.04. The maximum Gasteiger partial charge on any atom is 0.257 e. The molecule has 7 heteroatoms. The average molecular weight is 439 g/mol. The number of hydrogen-bond acceptors (Lipinski definition) is 5. The van der Waals surface area contributed by atoms with E-state index in [1.807, 2.05) is 36.4 Å². The van der Waals surface area contributed by atoms with E-state index >= 15 is 0 Å². The maximum atomic E-state index is 11.2. The summed E-state index contributed by atoms with van der Waals surface area (Å²) in [6, 6.07) is 11.5. The Bertz CT molecular complexity index is 879. The highest BCUT2D eigenvalue weighted by molar-refractivity contribution is 14.1. The van der Waals surface area contributed by atoms with Crippen LogP contribution >= 0.6 is 33.9 Å². The first-order chi connectivity index (χ1) is 11.1. The van der Waals surface area contributed by atoms with Crippen LogP contribution in [0.2, 0.25) is 0 Å². The third-order valence-corrected chi connectivity index (χ3v) is 5.26. The van der Waals surface area contributed by atoms with Crippen molar-refractivity contribution < 1.29 is 9.53 Å². The molecule has 3 rings (SSSR count). The Morgan fingerprint density at radius 1 is 1.35 bits per heavy atom. The molecule has 0 unspecified atom stereocenters. The van der Waals surface area contributed by atoms with Crippen molar-refractivity contribution in [2.45, 2.75) is 0 Å². The first-order valence-electron chi connectivity index (χ1n) is 6.86. The van der Waals surface area contributed by atoms with Crippen molar-refractivity contribution in [3.8, 4) is 16.3 Å². The number of carbonyl (C=O) groups excluding carboxylic acids is 1. The van der Waals surface area contributed by atoms with Gasteiger partial charge in [-0.15, -0.1) is 11.3 Å². The van der Waals surface area contributed by atoms with E-state index in [1.54, 1.807) is 18.4 Å². The number of hydrogen-bond donors (Lipinski definition) is 2. The number of aromatic nitrogens is 1. The molecular formula is C16H14IN3O2S. The van der Waals surface area contributed by atoms with Crippen molar-refractivity contribution in [1.82, 2.24) is 10.3 Å². The third-order valence-electron chi connectivity index (χ3n) is 3.26. The Morgan fingerprint density at radius 3 is 2.91 bits per heavy atom. The molecule has 3 aromatic rings. The van der Waals surface area contributed by atoms with E-state index in [-0.39, 0.29) is 12.5 Å². The summed E-state index contributed by atoms with van der Waals surface area (Å²) < 4.78 is 7.49. The van der Waals surface area contributed by atoms with Gasteiger partial charge in [0.05, 0.1) is 10.2 Å². The van der Waals surface area contributed by atoms with Gasteiger partial charge in [0.2, 0.25) is 0 Å². The smallest absolute Gasteiger partial charge is 0.257 e. The highest BCUT2D eigenvalue weighted by Crippen LogP contribution is 2.33. The van der Waals surface area contributed by atoms with Gasteiger partial charge in [0.15, 0.2) is 6.61 Å². The minimum absolute atomic E-state index is 0.00379. The van der Waals surface area contributed by atoms with E-state index in [4.69, 9.17) is 10.5 Å². The number of nitrogens with one attached hydrogen (secondary N) is 1. The van der Waals surface area contributed by atoms with Crippen LogP contribution in [0, 0.1) is 3.57 Å². The fourth-order valence-corrected chi connectivity index (χ4v) is 3.51. The molecule has 0 atom stereocenters. The summed E-state index contributed by atoms with van der Waals surface area (Å²) >= 11 is 3.80. The van der Waals surface area contributed by atoms with E-state index in [2.05, 4.69) is 32.9 Å². The van der Waals surface area contributed by atoms with Crippen molar-refractivity contribution in [3.63, 3.8) is 0 Å². The minimum atomic E-state index is -0.161. The summed E-state index contributed by atoms with van der Waals surface area (Å²) in [7, 11) is 1.58. The molecule has 0 radical (unpaired) electrons. The minimum Gasteiger partial charge on any atom is -0.484 e. The van der Waals surface area contributed by atoms with Crippen LogP contribution in [-0.2, 0) is 4.79 Å². The molecule has 1 aromatic heterocycles. The topological polar surface area (TPSA) is 77.2 Å². The molecule has 3 N–H and O–H groups in total. The molecular weight excluding hydrogens is 425 g/mol. The summed E-state index contributed by atoms with van der Waals surface area (Å²) in [6.07, 6.45) is 0. The molecule has 0 aliphatic carbocycles. The summed E-state index contributed by atoms with van der Waals surface area (Å²) in [5, 5.41) is 3.46. The van der Waals surface area contributed by atoms with Crippen LogP contribution in [0.1, 0.15) is 0 Å². The molecule has 5 nitrogen and oxygen atoms in total. The number of anilines is 1. The molecule has 0 saturated heterocycles. The number of nitrogens with two attached hydrogens (primary N) is 1. The van der Waals surface area contributed by atoms with Gasteiger partial charge in [-0.2, -0.15) is 0 Å². The van der Waals surface area contributed by atoms with E-state index in [0.717, 1.165) is 30.0 Å². The third kappa shape index (κ3) is 3.56. The Hall–Kier alpha value is -1.87. The zero-order chi connectivity index (χ0) is 16.4. The Labute approximate surface area is 151 Å². The number of benzene rings is 2. The second kappa shape index (κ2) is 6.71. The number of nitrogens with zero attached hydrogens (tertiary/aromatic N) is 1. The highest BCUT2D eigenvalue weighted by Gasteiger charge is 2.09. The van der Waals surface area contributed by atoms with Crippen LogP contribution in [0.4, 0.5) is 5.69 Å². The number of rotatable bonds is 4. The lowest BCUT2D eigenvalue weighted by molar-refractivity contribution is -0.122. The zero-order valence-electron chi connectivity index (χ0n) is 12.3. The largest absolute Gasteiger partial charge is 0.484 e. The number of halogens is 1. The number of amides is 1. The lowest BCUT2D eigenvalue weighted by Crippen LogP contribution is -2.24. The van der Waals surface area contributed by atoms with Gasteiger partial charge in [0.25, 0.3) is 5.91 Å². The Kier molecular flexibility index (Phi) is 4.67. The van der Waals surface area contributed by atoms with Crippen LogP contribution in [-0.4, -0.2) is 24.5 Å². The van der Waals surface area contributed by atoms with Crippen molar-refractivity contribution in [2.75, 3.05) is 19.4 Å². The quantitative estimate of drug-likeness (QED) is 0.483. The molecule has 118 valence electrons. The van der Waals surface area contributed by atoms with Gasteiger partial charge in [-0.1, -0.05) is 0 Å². The van der Waals surface area contributed by atoms with Gasteiger partial charge in [0, 0.05) is 21.9 Å². The number of carbonyl (C=O) groups is 1. The molecule has 2 aromatic carbocycles. The van der Waals surface area contributed by atoms with Crippen LogP contribution in [0.5, 0.6) is 5.75 Å². The molecule has 0 aliphatic rings. The number of thiazole rings is 1. The second-order valence-electron chi connectivity index (χ2n) is 4.85. The predicted molar refractivity (Wildman–Crippen MR) is 102 cm³/mol. The molecule has 0 fully saturated rings. The van der Waals surface area contributed by atoms with Crippen LogP contribution in [0.25, 0.3) is 20.8 Å². The Morgan fingerprint density at radius 2 is 2.17 bits per heavy atom. The number of fused-ring (bicyclic) bond motifs is 1. The van der Waals surface area contributed by atoms with Gasteiger partial charge >= 0.3 is 0 Å². The summed E-state index contributed by atoms with van der Waals surface area (Å²) in [5.41, 5.74) is 8.57. The molecule has 1 amide bonds. The average Bonchev–Trinajstić information content (AvgIpc) is 2.98. The predicted octanol–water partition coefficient (Wildman–Crippen LogP) is 3.27. The normalized spacial score (nSPS) is 10.7. The monoisotopic (exact) mass is 439 g/mol. The van der Waals surface area contributed by atoms with Crippen LogP contribution in [0.15, 0.2) is 36.4 Å². The van der Waals surface area contributed by atoms with Crippen molar-refractivity contribution in [2.24, 2.45) is 0 Å². The molecule has 0 saturated carbocycles. The number of nitrogen functional groups attached to an aromatic ring is 1. The van der Waals surface area contributed by atoms with Crippen LogP contribution < -0.4 is 15.8 Å². The van der Waals surface area contributed by atoms with E-state index in [1.165, 1.54) is 0 Å². The van der Waals surface area contributed by atoms with Gasteiger partial charge in [-0.3, -0.25) is 4.79 Å². The number of ether oxygens (including phenoxy) is 1. The number of likely N-dealkylation sites (N-methyl/N-ethyl adjacent to an activating group) is 1. The van der Waals surface area contributed by atoms with Crippen molar-refractivity contribution in [1.29, 1.82) is 0 Å². The SMILES string of the molecule is CNC(=O)COc1ccc2nc(-c3ccc(N)c(I)c3)sc2c1. The van der Waals surface area contributed by atoms with Gasteiger partial charge in [-0.05, 0) is 59.0 Å². The van der Waals surface area contributed by atoms with Gasteiger partial charge in [-0.25, -0.2) is 4.98 Å². The fraction of sp³-hybridized carbons (Fsp3) is 0.125. The Balaban J connectivity index is 1.89. The van der Waals surface area contributed by atoms with Crippen molar-refractivity contribution in [3.05, 3.63) is 40.0 Å². The molecule has 0 aliphatic heterocycles. The fourth-order valence-electron chi connectivity index (χ4n) is 2.00. The standard InChI is InChI=1S/C16H14IN3O2S/c1-19-15(21)8-22-10-3-5-13-14(7-10)23-16(20-13)9-2-4-12(18)11(17)6-9/h2-7H,8,18H2,1H3,(H,19,21). The van der Waals surface area contributed by atoms with Crippen molar-refractivity contribution >= 4 is 55.7 Å². The maximum absolute atomic E-state index is 11.2. The molecule has 23 heavy (non-hydrogen) atoms. The summed E-state index contributed by atoms with van der Waals surface area (Å²) in [5.74, 6) is 0.495. The molecule has 0 spiro atoms. The van der Waals surface area contributed by atoms with Gasteiger partial charge < -0.3 is 15.8 Å². The molecule has 0 bridgehead atoms. The first kappa shape index (κ1) is 16.0. The highest BCUT2D eigenvalue weighted by atomic mass is 127. The lowest BCUT2D eigenvalue weighted by Gasteiger charge is -2.04. The van der Waals surface area contributed by atoms with E-state index in [9.17, 15) is 4.79 Å². The van der Waals surface area contributed by atoms with Crippen LogP contribution in [0.3, 0.4) is 0 Å². The van der Waals surface area contributed by atoms with E-state index < -0.39 is 0 Å². The summed E-state index contributed by atoms with van der Waals surface area (Å²) in [4.78, 5) is 15.9. The van der Waals surface area contributed by atoms with Gasteiger partial charge in [0.1, 0.15) is 10.8 Å². The lowest BCUT2D eigenvalue weighted by atomic mass is 10.2.